The van der Waals surface area contributed by atoms with Gasteiger partial charge in [0.25, 0.3) is 0 Å². The van der Waals surface area contributed by atoms with Gasteiger partial charge in [0, 0.05) is 6.54 Å². The normalized spacial score (nSPS) is 11.9. The fraction of sp³-hybridized carbons (Fsp3) is 0.235. The summed E-state index contributed by atoms with van der Waals surface area (Å²) >= 11 is 0. The van der Waals surface area contributed by atoms with E-state index in [9.17, 15) is 21.6 Å². The van der Waals surface area contributed by atoms with Crippen LogP contribution in [-0.2, 0) is 31.1 Å². The summed E-state index contributed by atoms with van der Waals surface area (Å²) < 4.78 is 46.7. The van der Waals surface area contributed by atoms with Crippen molar-refractivity contribution < 1.29 is 21.6 Å². The lowest BCUT2D eigenvalue weighted by atomic mass is 10.1. The number of hydrogen-bond acceptors (Lipinski definition) is 5. The third-order valence-electron chi connectivity index (χ3n) is 3.69. The standard InChI is InChI=1S/C17H20N2O5S2/c1-13-2-6-15(7-3-13)25(21,22)12-17(20)19-11-10-14-4-8-16(9-5-14)26(18,23)24/h2-9H,10-12H2,1H3,(H,19,20)(H2,18,23,24). The molecule has 0 heterocycles. The second-order valence-corrected chi connectivity index (χ2v) is 9.41. The molecule has 0 saturated heterocycles. The summed E-state index contributed by atoms with van der Waals surface area (Å²) in [7, 11) is -7.43. The lowest BCUT2D eigenvalue weighted by Gasteiger charge is -2.07. The highest BCUT2D eigenvalue weighted by Crippen LogP contribution is 2.12. The van der Waals surface area contributed by atoms with Gasteiger partial charge < -0.3 is 5.32 Å². The molecule has 1 amide bonds. The Labute approximate surface area is 153 Å². The van der Waals surface area contributed by atoms with Crippen molar-refractivity contribution in [1.82, 2.24) is 5.32 Å². The molecule has 0 aliphatic carbocycles. The summed E-state index contributed by atoms with van der Waals surface area (Å²) in [5.41, 5.74) is 1.72. The van der Waals surface area contributed by atoms with E-state index in [1.54, 1.807) is 24.3 Å². The molecule has 26 heavy (non-hydrogen) atoms. The molecule has 140 valence electrons. The second kappa shape index (κ2) is 7.98. The first-order valence-electron chi connectivity index (χ1n) is 7.76. The molecule has 0 bridgehead atoms. The molecule has 7 nitrogen and oxygen atoms in total. The number of carbonyl (C=O) groups excluding carboxylic acids is 1. The van der Waals surface area contributed by atoms with Crippen LogP contribution in [0.1, 0.15) is 11.1 Å². The SMILES string of the molecule is Cc1ccc(S(=O)(=O)CC(=O)NCCc2ccc(S(N)(=O)=O)cc2)cc1. The topological polar surface area (TPSA) is 123 Å². The highest BCUT2D eigenvalue weighted by atomic mass is 32.2. The zero-order valence-electron chi connectivity index (χ0n) is 14.2. The first-order valence-corrected chi connectivity index (χ1v) is 11.0. The van der Waals surface area contributed by atoms with Gasteiger partial charge in [-0.25, -0.2) is 22.0 Å². The molecule has 0 atom stereocenters. The fourth-order valence-corrected chi connectivity index (χ4v) is 3.92. The molecule has 0 radical (unpaired) electrons. The molecule has 2 aromatic carbocycles. The number of sulfone groups is 1. The maximum absolute atomic E-state index is 12.2. The Kier molecular flexibility index (Phi) is 6.17. The predicted molar refractivity (Wildman–Crippen MR) is 97.8 cm³/mol. The Hall–Kier alpha value is -2.23. The maximum atomic E-state index is 12.2. The summed E-state index contributed by atoms with van der Waals surface area (Å²) in [5, 5.41) is 7.57. The largest absolute Gasteiger partial charge is 0.355 e. The van der Waals surface area contributed by atoms with E-state index in [0.717, 1.165) is 11.1 Å². The maximum Gasteiger partial charge on any atom is 0.238 e. The van der Waals surface area contributed by atoms with Gasteiger partial charge in [-0.3, -0.25) is 4.79 Å². The number of nitrogens with one attached hydrogen (secondary N) is 1. The van der Waals surface area contributed by atoms with Gasteiger partial charge >= 0.3 is 0 Å². The summed E-state index contributed by atoms with van der Waals surface area (Å²) in [6.07, 6.45) is 0.432. The van der Waals surface area contributed by atoms with Crippen molar-refractivity contribution in [3.8, 4) is 0 Å². The number of hydrogen-bond donors (Lipinski definition) is 2. The summed E-state index contributed by atoms with van der Waals surface area (Å²) in [5.74, 6) is -1.22. The molecule has 2 aromatic rings. The Bertz CT molecular complexity index is 980. The number of rotatable bonds is 7. The molecule has 9 heteroatoms. The quantitative estimate of drug-likeness (QED) is 0.716. The van der Waals surface area contributed by atoms with Crippen LogP contribution in [-0.4, -0.2) is 35.0 Å². The second-order valence-electron chi connectivity index (χ2n) is 5.86. The van der Waals surface area contributed by atoms with E-state index in [1.807, 2.05) is 6.92 Å². The van der Waals surface area contributed by atoms with Crippen molar-refractivity contribution in [2.45, 2.75) is 23.1 Å². The molecule has 3 N–H and O–H groups in total. The minimum atomic E-state index is -3.74. The number of amides is 1. The van der Waals surface area contributed by atoms with Gasteiger partial charge in [0.05, 0.1) is 9.79 Å². The number of nitrogens with two attached hydrogens (primary N) is 1. The van der Waals surface area contributed by atoms with Crippen LogP contribution in [0.4, 0.5) is 0 Å². The smallest absolute Gasteiger partial charge is 0.238 e. The van der Waals surface area contributed by atoms with E-state index in [-0.39, 0.29) is 16.3 Å². The molecule has 0 spiro atoms. The molecule has 0 aliphatic rings. The van der Waals surface area contributed by atoms with Crippen LogP contribution < -0.4 is 10.5 Å². The minimum Gasteiger partial charge on any atom is -0.355 e. The third-order valence-corrected chi connectivity index (χ3v) is 6.25. The van der Waals surface area contributed by atoms with Crippen molar-refractivity contribution in [2.75, 3.05) is 12.3 Å². The molecule has 0 aliphatic heterocycles. The Morgan fingerprint density at radius 3 is 2.00 bits per heavy atom. The van der Waals surface area contributed by atoms with E-state index in [1.165, 1.54) is 24.3 Å². The van der Waals surface area contributed by atoms with E-state index >= 15 is 0 Å². The number of aryl methyl sites for hydroxylation is 1. The Morgan fingerprint density at radius 1 is 0.923 bits per heavy atom. The van der Waals surface area contributed by atoms with Crippen LogP contribution >= 0.6 is 0 Å². The lowest BCUT2D eigenvalue weighted by Crippen LogP contribution is -2.31. The van der Waals surface area contributed by atoms with Crippen molar-refractivity contribution >= 4 is 25.8 Å². The van der Waals surface area contributed by atoms with E-state index in [2.05, 4.69) is 5.32 Å². The lowest BCUT2D eigenvalue weighted by molar-refractivity contribution is -0.118. The van der Waals surface area contributed by atoms with E-state index < -0.39 is 31.5 Å². The van der Waals surface area contributed by atoms with Crippen LogP contribution in [0.25, 0.3) is 0 Å². The Balaban J connectivity index is 1.88. The average molecular weight is 396 g/mol. The molecular formula is C17H20N2O5S2. The molecule has 0 saturated carbocycles. The van der Waals surface area contributed by atoms with Gasteiger partial charge in [0.2, 0.25) is 15.9 Å². The highest BCUT2D eigenvalue weighted by Gasteiger charge is 2.18. The Morgan fingerprint density at radius 2 is 1.46 bits per heavy atom. The average Bonchev–Trinajstić information content (AvgIpc) is 2.54. The summed E-state index contributed by atoms with van der Waals surface area (Å²) in [6.45, 7) is 2.08. The molecule has 0 fully saturated rings. The minimum absolute atomic E-state index is 0.00877. The molecule has 0 unspecified atom stereocenters. The van der Waals surface area contributed by atoms with Crippen molar-refractivity contribution in [3.63, 3.8) is 0 Å². The monoisotopic (exact) mass is 396 g/mol. The highest BCUT2D eigenvalue weighted by molar-refractivity contribution is 7.92. The van der Waals surface area contributed by atoms with Gasteiger partial charge in [0.15, 0.2) is 9.84 Å². The van der Waals surface area contributed by atoms with Crippen molar-refractivity contribution in [1.29, 1.82) is 0 Å². The number of primary sulfonamides is 1. The van der Waals surface area contributed by atoms with Crippen LogP contribution in [0, 0.1) is 6.92 Å². The van der Waals surface area contributed by atoms with Gasteiger partial charge in [-0.15, -0.1) is 0 Å². The summed E-state index contributed by atoms with van der Waals surface area (Å²) in [6, 6.07) is 12.3. The van der Waals surface area contributed by atoms with Crippen LogP contribution in [0.3, 0.4) is 0 Å². The first-order chi connectivity index (χ1) is 12.1. The number of benzene rings is 2. The summed E-state index contributed by atoms with van der Waals surface area (Å²) in [4.78, 5) is 12.0. The number of carbonyl (C=O) groups is 1. The molecular weight excluding hydrogens is 376 g/mol. The van der Waals surface area contributed by atoms with Crippen LogP contribution in [0.2, 0.25) is 0 Å². The van der Waals surface area contributed by atoms with Crippen molar-refractivity contribution in [3.05, 3.63) is 59.7 Å². The predicted octanol–water partition coefficient (Wildman–Crippen LogP) is 0.775. The van der Waals surface area contributed by atoms with Crippen LogP contribution in [0.5, 0.6) is 0 Å². The fourth-order valence-electron chi connectivity index (χ4n) is 2.24. The van der Waals surface area contributed by atoms with E-state index in [0.29, 0.717) is 6.42 Å². The van der Waals surface area contributed by atoms with Crippen molar-refractivity contribution in [2.24, 2.45) is 5.14 Å². The van der Waals surface area contributed by atoms with Gasteiger partial charge in [-0.1, -0.05) is 29.8 Å². The number of sulfonamides is 1. The van der Waals surface area contributed by atoms with E-state index in [4.69, 9.17) is 5.14 Å². The van der Waals surface area contributed by atoms with Gasteiger partial charge in [-0.2, -0.15) is 0 Å². The zero-order valence-corrected chi connectivity index (χ0v) is 15.8. The van der Waals surface area contributed by atoms with Gasteiger partial charge in [-0.05, 0) is 43.2 Å². The zero-order chi connectivity index (χ0) is 19.4. The van der Waals surface area contributed by atoms with Crippen LogP contribution in [0.15, 0.2) is 58.3 Å². The molecule has 0 aromatic heterocycles. The van der Waals surface area contributed by atoms with Gasteiger partial charge in [0.1, 0.15) is 5.75 Å². The third kappa shape index (κ3) is 5.65. The molecule has 2 rings (SSSR count). The first kappa shape index (κ1) is 20.1.